The van der Waals surface area contributed by atoms with E-state index in [2.05, 4.69) is 19.8 Å². The molecule has 1 aromatic heterocycles. The van der Waals surface area contributed by atoms with Crippen molar-refractivity contribution in [2.75, 3.05) is 44.2 Å². The predicted octanol–water partition coefficient (Wildman–Crippen LogP) is 3.23. The summed E-state index contributed by atoms with van der Waals surface area (Å²) in [5.74, 6) is 2.00. The zero-order chi connectivity index (χ0) is 22.1. The Balaban J connectivity index is 1.08. The van der Waals surface area contributed by atoms with Gasteiger partial charge in [-0.2, -0.15) is 0 Å². The molecular weight excluding hydrogens is 426 g/mol. The number of imide groups is 1. The van der Waals surface area contributed by atoms with E-state index in [4.69, 9.17) is 11.6 Å². The van der Waals surface area contributed by atoms with Gasteiger partial charge in [0.2, 0.25) is 11.8 Å². The number of carbonyl (C=O) groups excluding carboxylic acids is 2. The van der Waals surface area contributed by atoms with Gasteiger partial charge in [0.15, 0.2) is 0 Å². The van der Waals surface area contributed by atoms with Crippen molar-refractivity contribution in [1.29, 1.82) is 0 Å². The zero-order valence-electron chi connectivity index (χ0n) is 18.8. The molecular formula is C24H34ClN5O2. The molecule has 32 heavy (non-hydrogen) atoms. The Morgan fingerprint density at radius 3 is 2.09 bits per heavy atom. The molecule has 8 heteroatoms. The standard InChI is InChI=1S/C24H34ClN5O2/c25-19-15-26-16-20(27-19)29-13-11-28(12-14-29)9-3-4-10-30-23(31)21-17-5-1-2-6-18(8-7-17)22(21)24(30)32/h15-18,21-22H,1-14H2. The molecule has 1 aromatic rings. The normalized spacial score (nSPS) is 31.0. The van der Waals surface area contributed by atoms with E-state index in [0.29, 0.717) is 23.5 Å². The van der Waals surface area contributed by atoms with Gasteiger partial charge < -0.3 is 4.90 Å². The molecule has 4 aliphatic rings. The number of hydrogen-bond donors (Lipinski definition) is 0. The summed E-state index contributed by atoms with van der Waals surface area (Å²) in [6, 6.07) is 0. The van der Waals surface area contributed by atoms with E-state index in [0.717, 1.165) is 77.1 Å². The predicted molar refractivity (Wildman–Crippen MR) is 123 cm³/mol. The Morgan fingerprint density at radius 1 is 0.844 bits per heavy atom. The average Bonchev–Trinajstić information content (AvgIpc) is 3.02. The fourth-order valence-electron chi connectivity index (χ4n) is 6.52. The Bertz CT molecular complexity index is 807. The highest BCUT2D eigenvalue weighted by Crippen LogP contribution is 2.50. The molecule has 0 aromatic carbocycles. The van der Waals surface area contributed by atoms with Crippen molar-refractivity contribution >= 4 is 29.2 Å². The van der Waals surface area contributed by atoms with Gasteiger partial charge in [-0.25, -0.2) is 4.98 Å². The first kappa shape index (κ1) is 22.1. The number of anilines is 1. The first-order valence-corrected chi connectivity index (χ1v) is 12.8. The van der Waals surface area contributed by atoms with E-state index in [1.165, 1.54) is 12.8 Å². The van der Waals surface area contributed by atoms with Crippen molar-refractivity contribution in [3.05, 3.63) is 17.5 Å². The van der Waals surface area contributed by atoms with Crippen LogP contribution >= 0.6 is 11.6 Å². The minimum absolute atomic E-state index is 0.00998. The van der Waals surface area contributed by atoms with Gasteiger partial charge in [0.25, 0.3) is 0 Å². The van der Waals surface area contributed by atoms with E-state index in [1.54, 1.807) is 17.3 Å². The van der Waals surface area contributed by atoms with Gasteiger partial charge in [0, 0.05) is 32.7 Å². The second-order valence-corrected chi connectivity index (χ2v) is 10.4. The van der Waals surface area contributed by atoms with Crippen LogP contribution in [0.5, 0.6) is 0 Å². The fraction of sp³-hybridized carbons (Fsp3) is 0.750. The monoisotopic (exact) mass is 459 g/mol. The lowest BCUT2D eigenvalue weighted by atomic mass is 9.63. The average molecular weight is 460 g/mol. The number of aromatic nitrogens is 2. The van der Waals surface area contributed by atoms with Gasteiger partial charge in [0.05, 0.1) is 24.2 Å². The van der Waals surface area contributed by atoms with Crippen molar-refractivity contribution in [3.63, 3.8) is 0 Å². The van der Waals surface area contributed by atoms with E-state index in [9.17, 15) is 9.59 Å². The Labute approximate surface area is 195 Å². The number of nitrogens with zero attached hydrogens (tertiary/aromatic N) is 5. The molecule has 4 fully saturated rings. The number of halogens is 1. The molecule has 2 bridgehead atoms. The summed E-state index contributed by atoms with van der Waals surface area (Å²) in [5.41, 5.74) is 0. The summed E-state index contributed by atoms with van der Waals surface area (Å²) >= 11 is 5.96. The molecule has 7 nitrogen and oxygen atoms in total. The number of amides is 2. The van der Waals surface area contributed by atoms with Crippen LogP contribution in [-0.2, 0) is 9.59 Å². The van der Waals surface area contributed by atoms with E-state index < -0.39 is 0 Å². The maximum Gasteiger partial charge on any atom is 0.233 e. The summed E-state index contributed by atoms with van der Waals surface area (Å²) < 4.78 is 0. The molecule has 174 valence electrons. The molecule has 4 atom stereocenters. The third kappa shape index (κ3) is 4.38. The van der Waals surface area contributed by atoms with Crippen molar-refractivity contribution in [2.24, 2.45) is 23.7 Å². The maximum absolute atomic E-state index is 13.2. The molecule has 4 unspecified atom stereocenters. The molecule has 3 heterocycles. The molecule has 2 amide bonds. The first-order chi connectivity index (χ1) is 15.6. The summed E-state index contributed by atoms with van der Waals surface area (Å²) in [5, 5.41) is 0.426. The molecule has 2 saturated heterocycles. The first-order valence-electron chi connectivity index (χ1n) is 12.4. The van der Waals surface area contributed by atoms with E-state index in [-0.39, 0.29) is 23.7 Å². The Kier molecular flexibility index (Phi) is 6.65. The quantitative estimate of drug-likeness (QED) is 0.480. The zero-order valence-corrected chi connectivity index (χ0v) is 19.6. The number of hydrogen-bond acceptors (Lipinski definition) is 6. The SMILES string of the molecule is O=C1C2C3CCCCC(CC3)C2C(=O)N1CCCCN1CCN(c2cncc(Cl)n2)CC1. The summed E-state index contributed by atoms with van der Waals surface area (Å²) in [6.45, 7) is 5.37. The summed E-state index contributed by atoms with van der Waals surface area (Å²) in [4.78, 5) is 41.1. The van der Waals surface area contributed by atoms with E-state index >= 15 is 0 Å². The molecule has 2 aliphatic carbocycles. The van der Waals surface area contributed by atoms with Crippen molar-refractivity contribution < 1.29 is 9.59 Å². The number of carbonyl (C=O) groups is 2. The van der Waals surface area contributed by atoms with Crippen LogP contribution in [0.3, 0.4) is 0 Å². The number of unbranched alkanes of at least 4 members (excludes halogenated alkanes) is 1. The highest BCUT2D eigenvalue weighted by atomic mass is 35.5. The Morgan fingerprint density at radius 2 is 1.47 bits per heavy atom. The van der Waals surface area contributed by atoms with Crippen LogP contribution in [-0.4, -0.2) is 70.9 Å². The minimum atomic E-state index is -0.00998. The summed E-state index contributed by atoms with van der Waals surface area (Å²) in [7, 11) is 0. The second kappa shape index (κ2) is 9.64. The smallest absolute Gasteiger partial charge is 0.233 e. The van der Waals surface area contributed by atoms with Crippen LogP contribution in [0.15, 0.2) is 12.4 Å². The topological polar surface area (TPSA) is 69.6 Å². The third-order valence-corrected chi connectivity index (χ3v) is 8.39. The lowest BCUT2D eigenvalue weighted by molar-refractivity contribution is -0.140. The number of rotatable bonds is 6. The largest absolute Gasteiger partial charge is 0.353 e. The van der Waals surface area contributed by atoms with Crippen LogP contribution in [0.4, 0.5) is 5.82 Å². The van der Waals surface area contributed by atoms with Crippen LogP contribution in [0, 0.1) is 23.7 Å². The molecule has 0 spiro atoms. The molecule has 2 saturated carbocycles. The highest BCUT2D eigenvalue weighted by Gasteiger charge is 2.55. The van der Waals surface area contributed by atoms with Gasteiger partial charge in [0.1, 0.15) is 11.0 Å². The molecule has 0 radical (unpaired) electrons. The fourth-order valence-corrected chi connectivity index (χ4v) is 6.67. The number of likely N-dealkylation sites (tertiary alicyclic amines) is 1. The van der Waals surface area contributed by atoms with Gasteiger partial charge in [-0.15, -0.1) is 0 Å². The van der Waals surface area contributed by atoms with Crippen molar-refractivity contribution in [1.82, 2.24) is 19.8 Å². The van der Waals surface area contributed by atoms with Gasteiger partial charge >= 0.3 is 0 Å². The lowest BCUT2D eigenvalue weighted by Crippen LogP contribution is -2.47. The van der Waals surface area contributed by atoms with Crippen molar-refractivity contribution in [3.8, 4) is 0 Å². The van der Waals surface area contributed by atoms with Crippen LogP contribution in [0.25, 0.3) is 0 Å². The molecule has 0 N–H and O–H groups in total. The van der Waals surface area contributed by atoms with Crippen LogP contribution < -0.4 is 4.90 Å². The van der Waals surface area contributed by atoms with Gasteiger partial charge in [-0.3, -0.25) is 24.4 Å². The minimum Gasteiger partial charge on any atom is -0.353 e. The van der Waals surface area contributed by atoms with Crippen LogP contribution in [0.2, 0.25) is 5.15 Å². The maximum atomic E-state index is 13.2. The van der Waals surface area contributed by atoms with E-state index in [1.807, 2.05) is 0 Å². The third-order valence-electron chi connectivity index (χ3n) is 8.21. The van der Waals surface area contributed by atoms with Gasteiger partial charge in [-0.05, 0) is 56.9 Å². The summed E-state index contributed by atoms with van der Waals surface area (Å²) in [6.07, 6.45) is 12.2. The highest BCUT2D eigenvalue weighted by molar-refractivity contribution is 6.29. The second-order valence-electron chi connectivity index (χ2n) is 10.00. The van der Waals surface area contributed by atoms with Crippen LogP contribution in [0.1, 0.15) is 51.4 Å². The Hall–Kier alpha value is -1.73. The van der Waals surface area contributed by atoms with Gasteiger partial charge in [-0.1, -0.05) is 24.4 Å². The molecule has 5 rings (SSSR count). The number of piperazine rings is 1. The lowest BCUT2D eigenvalue weighted by Gasteiger charge is -2.39. The molecule has 2 aliphatic heterocycles. The van der Waals surface area contributed by atoms with Crippen molar-refractivity contribution in [2.45, 2.75) is 51.4 Å².